The van der Waals surface area contributed by atoms with Crippen molar-refractivity contribution in [3.05, 3.63) is 65.7 Å². The Labute approximate surface area is 143 Å². The van der Waals surface area contributed by atoms with Crippen molar-refractivity contribution < 1.29 is 13.2 Å². The topological polar surface area (TPSA) is 63.2 Å². The largest absolute Gasteiger partial charge is 0.355 e. The maximum Gasteiger partial charge on any atom is 0.224 e. The second-order valence-corrected chi connectivity index (χ2v) is 8.50. The van der Waals surface area contributed by atoms with E-state index in [9.17, 15) is 13.2 Å². The van der Waals surface area contributed by atoms with E-state index in [1.807, 2.05) is 30.3 Å². The van der Waals surface area contributed by atoms with Crippen LogP contribution in [0.2, 0.25) is 0 Å². The van der Waals surface area contributed by atoms with Crippen molar-refractivity contribution in [2.75, 3.05) is 6.54 Å². The van der Waals surface area contributed by atoms with E-state index in [2.05, 4.69) is 5.32 Å². The van der Waals surface area contributed by atoms with Gasteiger partial charge in [-0.15, -0.1) is 0 Å². The number of hydrogen-bond acceptors (Lipinski definition) is 3. The molecule has 0 aliphatic rings. The lowest BCUT2D eigenvalue weighted by atomic mass is 10.1. The van der Waals surface area contributed by atoms with Crippen LogP contribution in [-0.4, -0.2) is 26.1 Å². The van der Waals surface area contributed by atoms with Crippen LogP contribution in [0, 0.1) is 0 Å². The summed E-state index contributed by atoms with van der Waals surface area (Å²) in [6.45, 7) is 3.87. The summed E-state index contributed by atoms with van der Waals surface area (Å²) >= 11 is 0. The number of amides is 1. The van der Waals surface area contributed by atoms with Crippen molar-refractivity contribution in [3.63, 3.8) is 0 Å². The summed E-state index contributed by atoms with van der Waals surface area (Å²) < 4.78 is 24.1. The monoisotopic (exact) mass is 345 g/mol. The first-order chi connectivity index (χ1) is 11.4. The van der Waals surface area contributed by atoms with Crippen molar-refractivity contribution in [1.82, 2.24) is 5.32 Å². The van der Waals surface area contributed by atoms with Crippen LogP contribution in [0.25, 0.3) is 0 Å². The molecular weight excluding hydrogens is 322 g/mol. The van der Waals surface area contributed by atoms with E-state index in [-0.39, 0.29) is 5.91 Å². The number of sulfone groups is 1. The van der Waals surface area contributed by atoms with Crippen molar-refractivity contribution >= 4 is 15.7 Å². The van der Waals surface area contributed by atoms with Gasteiger partial charge in [-0.3, -0.25) is 4.79 Å². The van der Waals surface area contributed by atoms with E-state index in [1.54, 1.807) is 38.1 Å². The second-order valence-electron chi connectivity index (χ2n) is 6.00. The molecule has 0 spiro atoms. The zero-order valence-corrected chi connectivity index (χ0v) is 14.8. The Hall–Kier alpha value is -2.14. The fourth-order valence-electron chi connectivity index (χ4n) is 2.31. The van der Waals surface area contributed by atoms with Gasteiger partial charge in [-0.05, 0) is 43.5 Å². The van der Waals surface area contributed by atoms with Gasteiger partial charge in [0.25, 0.3) is 0 Å². The maximum absolute atomic E-state index is 12.1. The average Bonchev–Trinajstić information content (AvgIpc) is 2.56. The third-order valence-electron chi connectivity index (χ3n) is 3.82. The van der Waals surface area contributed by atoms with Crippen molar-refractivity contribution in [2.24, 2.45) is 0 Å². The van der Waals surface area contributed by atoms with Crippen molar-refractivity contribution in [2.45, 2.75) is 36.8 Å². The van der Waals surface area contributed by atoms with E-state index >= 15 is 0 Å². The molecule has 0 atom stereocenters. The van der Waals surface area contributed by atoms with Crippen LogP contribution in [0.15, 0.2) is 59.5 Å². The minimum absolute atomic E-state index is 0.0137. The van der Waals surface area contributed by atoms with Crippen LogP contribution in [0.1, 0.15) is 25.0 Å². The maximum atomic E-state index is 12.1. The van der Waals surface area contributed by atoms with Crippen molar-refractivity contribution in [3.8, 4) is 0 Å². The molecule has 0 aliphatic carbocycles. The van der Waals surface area contributed by atoms with Gasteiger partial charge in [0.1, 0.15) is 0 Å². The molecule has 0 unspecified atom stereocenters. The van der Waals surface area contributed by atoms with Gasteiger partial charge in [0.05, 0.1) is 16.6 Å². The van der Waals surface area contributed by atoms with Gasteiger partial charge in [-0.25, -0.2) is 8.42 Å². The normalized spacial score (nSPS) is 11.5. The molecule has 4 nitrogen and oxygen atoms in total. The second kappa shape index (κ2) is 8.11. The molecule has 0 saturated heterocycles. The van der Waals surface area contributed by atoms with Crippen LogP contribution in [0.3, 0.4) is 0 Å². The third-order valence-corrected chi connectivity index (χ3v) is 5.99. The number of carbonyl (C=O) groups is 1. The molecule has 0 saturated carbocycles. The van der Waals surface area contributed by atoms with Gasteiger partial charge in [0.15, 0.2) is 9.84 Å². The fourth-order valence-corrected chi connectivity index (χ4v) is 3.37. The molecule has 24 heavy (non-hydrogen) atoms. The van der Waals surface area contributed by atoms with Gasteiger partial charge >= 0.3 is 0 Å². The molecule has 1 amide bonds. The molecule has 0 heterocycles. The highest BCUT2D eigenvalue weighted by Crippen LogP contribution is 2.16. The van der Waals surface area contributed by atoms with Gasteiger partial charge < -0.3 is 5.32 Å². The lowest BCUT2D eigenvalue weighted by molar-refractivity contribution is -0.120. The first-order valence-corrected chi connectivity index (χ1v) is 9.57. The van der Waals surface area contributed by atoms with Crippen LogP contribution in [-0.2, 0) is 27.5 Å². The Balaban J connectivity index is 1.84. The van der Waals surface area contributed by atoms with Gasteiger partial charge in [-0.1, -0.05) is 42.5 Å². The summed E-state index contributed by atoms with van der Waals surface area (Å²) in [5, 5.41) is 2.46. The predicted octanol–water partition coefficient (Wildman–Crippen LogP) is 2.77. The number of carbonyl (C=O) groups excluding carboxylic acids is 1. The Morgan fingerprint density at radius 2 is 1.58 bits per heavy atom. The van der Waals surface area contributed by atoms with Crippen LogP contribution < -0.4 is 5.32 Å². The molecule has 0 bridgehead atoms. The first kappa shape index (κ1) is 18.2. The third kappa shape index (κ3) is 4.93. The lowest BCUT2D eigenvalue weighted by Gasteiger charge is -2.09. The van der Waals surface area contributed by atoms with Crippen molar-refractivity contribution in [1.29, 1.82) is 0 Å². The molecule has 2 aromatic rings. The molecule has 2 rings (SSSR count). The molecule has 0 radical (unpaired) electrons. The van der Waals surface area contributed by atoms with E-state index < -0.39 is 15.1 Å². The Bertz CT molecular complexity index is 766. The molecule has 0 aliphatic heterocycles. The lowest BCUT2D eigenvalue weighted by Crippen LogP contribution is -2.27. The molecule has 0 fully saturated rings. The Morgan fingerprint density at radius 1 is 0.958 bits per heavy atom. The van der Waals surface area contributed by atoms with E-state index in [0.29, 0.717) is 24.3 Å². The minimum Gasteiger partial charge on any atom is -0.355 e. The summed E-state index contributed by atoms with van der Waals surface area (Å²) in [6.07, 6.45) is 1.04. The highest BCUT2D eigenvalue weighted by Gasteiger charge is 2.18. The van der Waals surface area contributed by atoms with Gasteiger partial charge in [0, 0.05) is 6.54 Å². The molecular formula is C19H23NO3S. The standard InChI is InChI=1S/C19H23NO3S/c1-15(2)24(22,23)18-10-8-16(9-11-18)12-13-20-19(21)14-17-6-4-3-5-7-17/h3-11,15H,12-14H2,1-2H3,(H,20,21). The SMILES string of the molecule is CC(C)S(=O)(=O)c1ccc(CCNC(=O)Cc2ccccc2)cc1. The zero-order chi connectivity index (χ0) is 17.6. The van der Waals surface area contributed by atoms with E-state index in [4.69, 9.17) is 0 Å². The summed E-state index contributed by atoms with van der Waals surface area (Å²) in [5.74, 6) is -0.0137. The zero-order valence-electron chi connectivity index (χ0n) is 14.0. The fraction of sp³-hybridized carbons (Fsp3) is 0.316. The smallest absolute Gasteiger partial charge is 0.224 e. The average molecular weight is 345 g/mol. The highest BCUT2D eigenvalue weighted by atomic mass is 32.2. The number of benzene rings is 2. The number of hydrogen-bond donors (Lipinski definition) is 1. The van der Waals surface area contributed by atoms with E-state index in [0.717, 1.165) is 11.1 Å². The highest BCUT2D eigenvalue weighted by molar-refractivity contribution is 7.92. The molecule has 0 aromatic heterocycles. The molecule has 2 aromatic carbocycles. The Kier molecular flexibility index (Phi) is 6.15. The minimum atomic E-state index is -3.23. The predicted molar refractivity (Wildman–Crippen MR) is 95.6 cm³/mol. The van der Waals surface area contributed by atoms with Gasteiger partial charge in [0.2, 0.25) is 5.91 Å². The number of nitrogens with one attached hydrogen (secondary N) is 1. The molecule has 1 N–H and O–H groups in total. The Morgan fingerprint density at radius 3 is 2.17 bits per heavy atom. The number of rotatable bonds is 7. The quantitative estimate of drug-likeness (QED) is 0.839. The van der Waals surface area contributed by atoms with E-state index in [1.165, 1.54) is 0 Å². The van der Waals surface area contributed by atoms with Crippen LogP contribution in [0.4, 0.5) is 0 Å². The summed E-state index contributed by atoms with van der Waals surface area (Å²) in [4.78, 5) is 12.2. The van der Waals surface area contributed by atoms with Gasteiger partial charge in [-0.2, -0.15) is 0 Å². The summed E-state index contributed by atoms with van der Waals surface area (Å²) in [6, 6.07) is 16.5. The van der Waals surface area contributed by atoms with Crippen LogP contribution >= 0.6 is 0 Å². The summed E-state index contributed by atoms with van der Waals surface area (Å²) in [7, 11) is -3.23. The van der Waals surface area contributed by atoms with Crippen LogP contribution in [0.5, 0.6) is 0 Å². The first-order valence-electron chi connectivity index (χ1n) is 8.03. The summed E-state index contributed by atoms with van der Waals surface area (Å²) in [5.41, 5.74) is 1.98. The molecule has 128 valence electrons. The molecule has 5 heteroatoms.